The van der Waals surface area contributed by atoms with E-state index in [0.29, 0.717) is 32.5 Å². The summed E-state index contributed by atoms with van der Waals surface area (Å²) in [6, 6.07) is -0.413. The van der Waals surface area contributed by atoms with E-state index in [-0.39, 0.29) is 11.8 Å². The van der Waals surface area contributed by atoms with Gasteiger partial charge < -0.3 is 10.2 Å². The number of carbonyl (C=O) groups excluding carboxylic acids is 3. The lowest BCUT2D eigenvalue weighted by Gasteiger charge is -2.37. The number of urea groups is 1. The molecule has 118 valence electrons. The Balaban J connectivity index is 1.80. The third kappa shape index (κ3) is 3.53. The van der Waals surface area contributed by atoms with Gasteiger partial charge in [0.15, 0.2) is 0 Å². The molecule has 2 rings (SSSR count). The zero-order chi connectivity index (χ0) is 15.5. The average Bonchev–Trinajstić information content (AvgIpc) is 2.73. The second-order valence-electron chi connectivity index (χ2n) is 5.94. The number of unbranched alkanes of at least 4 members (excludes halogenated alkanes) is 1. The molecule has 4 amide bonds. The van der Waals surface area contributed by atoms with Crippen molar-refractivity contribution in [2.75, 3.05) is 33.2 Å². The molecule has 2 heterocycles. The van der Waals surface area contributed by atoms with Crippen LogP contribution in [0.4, 0.5) is 4.79 Å². The summed E-state index contributed by atoms with van der Waals surface area (Å²) in [4.78, 5) is 39.0. The van der Waals surface area contributed by atoms with Gasteiger partial charge in [-0.05, 0) is 19.3 Å². The highest BCUT2D eigenvalue weighted by atomic mass is 16.2. The molecule has 2 aliphatic heterocycles. The molecule has 0 saturated carbocycles. The minimum Gasteiger partial charge on any atom is -0.345 e. The van der Waals surface area contributed by atoms with Crippen LogP contribution in [0.15, 0.2) is 0 Å². The standard InChI is InChI=1S/C14H24N4O3/c1-3-4-7-17(2)11(19)10-18-8-5-14(6-9-18)12(20)15-13(21)16-14/h3-10H2,1-2H3,(H2,15,16,20,21). The summed E-state index contributed by atoms with van der Waals surface area (Å²) in [5.41, 5.74) is -0.759. The Morgan fingerprint density at radius 3 is 2.52 bits per heavy atom. The summed E-state index contributed by atoms with van der Waals surface area (Å²) in [5, 5.41) is 5.01. The van der Waals surface area contributed by atoms with Gasteiger partial charge in [0.25, 0.3) is 5.91 Å². The van der Waals surface area contributed by atoms with Gasteiger partial charge in [-0.3, -0.25) is 19.8 Å². The van der Waals surface area contributed by atoms with Crippen molar-refractivity contribution in [3.8, 4) is 0 Å². The summed E-state index contributed by atoms with van der Waals surface area (Å²) in [7, 11) is 1.83. The van der Waals surface area contributed by atoms with Crippen molar-refractivity contribution < 1.29 is 14.4 Å². The van der Waals surface area contributed by atoms with Crippen molar-refractivity contribution in [2.24, 2.45) is 0 Å². The van der Waals surface area contributed by atoms with Crippen LogP contribution in [0.5, 0.6) is 0 Å². The number of hydrogen-bond acceptors (Lipinski definition) is 4. The van der Waals surface area contributed by atoms with E-state index in [2.05, 4.69) is 17.6 Å². The number of nitrogens with zero attached hydrogens (tertiary/aromatic N) is 2. The molecule has 2 aliphatic rings. The van der Waals surface area contributed by atoms with E-state index in [9.17, 15) is 14.4 Å². The second-order valence-corrected chi connectivity index (χ2v) is 5.94. The van der Waals surface area contributed by atoms with Crippen molar-refractivity contribution in [1.29, 1.82) is 0 Å². The lowest BCUT2D eigenvalue weighted by atomic mass is 9.88. The van der Waals surface area contributed by atoms with Crippen molar-refractivity contribution in [3.05, 3.63) is 0 Å². The highest BCUT2D eigenvalue weighted by molar-refractivity contribution is 6.07. The highest BCUT2D eigenvalue weighted by Crippen LogP contribution is 2.25. The Labute approximate surface area is 125 Å². The predicted molar refractivity (Wildman–Crippen MR) is 77.6 cm³/mol. The van der Waals surface area contributed by atoms with Gasteiger partial charge in [0.1, 0.15) is 5.54 Å². The van der Waals surface area contributed by atoms with Crippen LogP contribution in [0.3, 0.4) is 0 Å². The number of nitrogens with one attached hydrogen (secondary N) is 2. The zero-order valence-corrected chi connectivity index (χ0v) is 12.8. The molecule has 2 saturated heterocycles. The number of hydrogen-bond donors (Lipinski definition) is 2. The number of carbonyl (C=O) groups is 3. The summed E-state index contributed by atoms with van der Waals surface area (Å²) < 4.78 is 0. The molecule has 1 spiro atoms. The summed E-state index contributed by atoms with van der Waals surface area (Å²) >= 11 is 0. The van der Waals surface area contributed by atoms with Crippen LogP contribution in [0.25, 0.3) is 0 Å². The summed E-state index contributed by atoms with van der Waals surface area (Å²) in [6.45, 7) is 4.54. The molecular weight excluding hydrogens is 272 g/mol. The number of piperidine rings is 1. The van der Waals surface area contributed by atoms with E-state index in [1.807, 2.05) is 11.9 Å². The fraction of sp³-hybridized carbons (Fsp3) is 0.786. The maximum Gasteiger partial charge on any atom is 0.322 e. The van der Waals surface area contributed by atoms with Crippen molar-refractivity contribution in [3.63, 3.8) is 0 Å². The minimum atomic E-state index is -0.759. The summed E-state index contributed by atoms with van der Waals surface area (Å²) in [6.07, 6.45) is 3.18. The van der Waals surface area contributed by atoms with Crippen molar-refractivity contribution in [2.45, 2.75) is 38.1 Å². The molecule has 0 unspecified atom stereocenters. The van der Waals surface area contributed by atoms with Crippen LogP contribution in [-0.4, -0.2) is 66.4 Å². The van der Waals surface area contributed by atoms with E-state index in [1.54, 1.807) is 4.90 Å². The Morgan fingerprint density at radius 1 is 1.33 bits per heavy atom. The molecule has 2 N–H and O–H groups in total. The van der Waals surface area contributed by atoms with Gasteiger partial charge in [0.05, 0.1) is 6.54 Å². The minimum absolute atomic E-state index is 0.110. The second kappa shape index (κ2) is 6.43. The Morgan fingerprint density at radius 2 is 2.00 bits per heavy atom. The number of rotatable bonds is 5. The normalized spacial score (nSPS) is 21.2. The quantitative estimate of drug-likeness (QED) is 0.695. The van der Waals surface area contributed by atoms with Gasteiger partial charge in [-0.1, -0.05) is 13.3 Å². The monoisotopic (exact) mass is 296 g/mol. The highest BCUT2D eigenvalue weighted by Gasteiger charge is 2.47. The number of likely N-dealkylation sites (tertiary alicyclic amines) is 1. The predicted octanol–water partition coefficient (Wildman–Crippen LogP) is -0.0811. The van der Waals surface area contributed by atoms with Crippen LogP contribution in [-0.2, 0) is 9.59 Å². The lowest BCUT2D eigenvalue weighted by molar-refractivity contribution is -0.132. The van der Waals surface area contributed by atoms with E-state index in [1.165, 1.54) is 0 Å². The van der Waals surface area contributed by atoms with Gasteiger partial charge >= 0.3 is 6.03 Å². The molecule has 2 fully saturated rings. The molecule has 7 heteroatoms. The van der Waals surface area contributed by atoms with Crippen molar-refractivity contribution in [1.82, 2.24) is 20.4 Å². The van der Waals surface area contributed by atoms with Crippen LogP contribution in [0, 0.1) is 0 Å². The number of likely N-dealkylation sites (N-methyl/N-ethyl adjacent to an activating group) is 1. The molecule has 0 aliphatic carbocycles. The fourth-order valence-electron chi connectivity index (χ4n) is 2.81. The molecular formula is C14H24N4O3. The van der Waals surface area contributed by atoms with Crippen LogP contribution in [0.1, 0.15) is 32.6 Å². The Hall–Kier alpha value is -1.63. The van der Waals surface area contributed by atoms with Crippen LogP contribution < -0.4 is 10.6 Å². The first kappa shape index (κ1) is 15.8. The van der Waals surface area contributed by atoms with E-state index >= 15 is 0 Å². The van der Waals surface area contributed by atoms with E-state index in [0.717, 1.165) is 19.4 Å². The first-order valence-corrected chi connectivity index (χ1v) is 7.57. The molecule has 0 radical (unpaired) electrons. The van der Waals surface area contributed by atoms with Gasteiger partial charge in [-0.15, -0.1) is 0 Å². The molecule has 7 nitrogen and oxygen atoms in total. The third-order valence-corrected chi connectivity index (χ3v) is 4.36. The van der Waals surface area contributed by atoms with E-state index in [4.69, 9.17) is 0 Å². The molecule has 0 atom stereocenters. The van der Waals surface area contributed by atoms with Crippen LogP contribution >= 0.6 is 0 Å². The maximum atomic E-state index is 12.1. The first-order chi connectivity index (χ1) is 9.97. The number of imide groups is 1. The maximum absolute atomic E-state index is 12.1. The molecule has 0 aromatic carbocycles. The number of amides is 4. The van der Waals surface area contributed by atoms with Gasteiger partial charge in [0.2, 0.25) is 5.91 Å². The lowest BCUT2D eigenvalue weighted by Crippen LogP contribution is -2.55. The molecule has 0 bridgehead atoms. The zero-order valence-electron chi connectivity index (χ0n) is 12.8. The largest absolute Gasteiger partial charge is 0.345 e. The van der Waals surface area contributed by atoms with Gasteiger partial charge in [0, 0.05) is 26.7 Å². The van der Waals surface area contributed by atoms with Gasteiger partial charge in [-0.2, -0.15) is 0 Å². The Kier molecular flexibility index (Phi) is 4.82. The average molecular weight is 296 g/mol. The smallest absolute Gasteiger partial charge is 0.322 e. The SMILES string of the molecule is CCCCN(C)C(=O)CN1CCC2(CC1)NC(=O)NC2=O. The topological polar surface area (TPSA) is 81.8 Å². The third-order valence-electron chi connectivity index (χ3n) is 4.36. The van der Waals surface area contributed by atoms with Crippen molar-refractivity contribution >= 4 is 17.8 Å². The fourth-order valence-corrected chi connectivity index (χ4v) is 2.81. The van der Waals surface area contributed by atoms with Crippen LogP contribution in [0.2, 0.25) is 0 Å². The first-order valence-electron chi connectivity index (χ1n) is 7.57. The molecule has 21 heavy (non-hydrogen) atoms. The molecule has 0 aromatic rings. The Bertz CT molecular complexity index is 430. The molecule has 0 aromatic heterocycles. The van der Waals surface area contributed by atoms with Gasteiger partial charge in [-0.25, -0.2) is 4.79 Å². The summed E-state index contributed by atoms with van der Waals surface area (Å²) in [5.74, 6) is -0.127. The van der Waals surface area contributed by atoms with E-state index < -0.39 is 11.6 Å².